The van der Waals surface area contributed by atoms with Gasteiger partial charge in [0.15, 0.2) is 0 Å². The third kappa shape index (κ3) is 3.41. The van der Waals surface area contributed by atoms with Crippen LogP contribution in [0.4, 0.5) is 4.39 Å². The fourth-order valence-electron chi connectivity index (χ4n) is 2.79. The molecule has 0 aliphatic carbocycles. The summed E-state index contributed by atoms with van der Waals surface area (Å²) in [6.07, 6.45) is 3.35. The van der Waals surface area contributed by atoms with E-state index in [9.17, 15) is 4.39 Å². The minimum atomic E-state index is -0.259. The number of hydrogen-bond acceptors (Lipinski definition) is 4. The maximum Gasteiger partial charge on any atom is 0.226 e. The van der Waals surface area contributed by atoms with E-state index in [0.717, 1.165) is 27.7 Å². The van der Waals surface area contributed by atoms with Gasteiger partial charge in [0.2, 0.25) is 5.89 Å². The van der Waals surface area contributed by atoms with Crippen LogP contribution in [-0.2, 0) is 13.1 Å². The first-order chi connectivity index (χ1) is 12.3. The Bertz CT molecular complexity index is 998. The maximum atomic E-state index is 13.8. The Kier molecular flexibility index (Phi) is 4.23. The van der Waals surface area contributed by atoms with Crippen molar-refractivity contribution >= 4 is 10.9 Å². The van der Waals surface area contributed by atoms with Crippen molar-refractivity contribution < 1.29 is 8.81 Å². The molecular formula is C20H16FN3O. The van der Waals surface area contributed by atoms with Crippen LogP contribution in [0.2, 0.25) is 0 Å². The second-order valence-corrected chi connectivity index (χ2v) is 5.75. The third-order valence-corrected chi connectivity index (χ3v) is 3.94. The van der Waals surface area contributed by atoms with Crippen molar-refractivity contribution in [2.45, 2.75) is 13.1 Å². The average Bonchev–Trinajstić information content (AvgIpc) is 3.11. The summed E-state index contributed by atoms with van der Waals surface area (Å²) >= 11 is 0. The van der Waals surface area contributed by atoms with Crippen LogP contribution in [0.15, 0.2) is 71.5 Å². The zero-order valence-corrected chi connectivity index (χ0v) is 13.4. The highest BCUT2D eigenvalue weighted by atomic mass is 19.1. The van der Waals surface area contributed by atoms with E-state index in [1.54, 1.807) is 18.5 Å². The van der Waals surface area contributed by atoms with Gasteiger partial charge in [-0.25, -0.2) is 9.37 Å². The molecule has 0 spiro atoms. The van der Waals surface area contributed by atoms with Crippen molar-refractivity contribution in [2.75, 3.05) is 0 Å². The lowest BCUT2D eigenvalue weighted by Crippen LogP contribution is -2.13. The van der Waals surface area contributed by atoms with Crippen LogP contribution in [0.25, 0.3) is 22.4 Å². The fourth-order valence-corrected chi connectivity index (χ4v) is 2.79. The molecule has 0 unspecified atom stereocenters. The molecule has 5 heteroatoms. The van der Waals surface area contributed by atoms with E-state index >= 15 is 0 Å². The molecule has 4 aromatic rings. The van der Waals surface area contributed by atoms with Crippen LogP contribution in [0.1, 0.15) is 11.3 Å². The summed E-state index contributed by atoms with van der Waals surface area (Å²) in [7, 11) is 0. The molecule has 0 bridgehead atoms. The van der Waals surface area contributed by atoms with E-state index in [1.807, 2.05) is 36.4 Å². The van der Waals surface area contributed by atoms with E-state index in [2.05, 4.69) is 15.3 Å². The number of rotatable bonds is 5. The molecule has 0 radical (unpaired) electrons. The molecule has 25 heavy (non-hydrogen) atoms. The van der Waals surface area contributed by atoms with Crippen LogP contribution in [0.5, 0.6) is 0 Å². The summed E-state index contributed by atoms with van der Waals surface area (Å²) in [4.78, 5) is 8.82. The minimum Gasteiger partial charge on any atom is -0.444 e. The van der Waals surface area contributed by atoms with Gasteiger partial charge in [-0.1, -0.05) is 24.3 Å². The number of pyridine rings is 1. The Morgan fingerprint density at radius 2 is 1.88 bits per heavy atom. The minimum absolute atomic E-state index is 0.259. The van der Waals surface area contributed by atoms with Crippen molar-refractivity contribution in [1.29, 1.82) is 0 Å². The molecule has 0 saturated carbocycles. The first-order valence-electron chi connectivity index (χ1n) is 8.03. The standard InChI is InChI=1S/C20H16FN3O/c21-17-9-15-7-4-8-23-19(15)16(10-17)11-22-12-18-13-25-20(24-18)14-5-2-1-3-6-14/h1-10,13,22H,11-12H2. The molecule has 0 aliphatic rings. The van der Waals surface area contributed by atoms with Crippen LogP contribution >= 0.6 is 0 Å². The molecule has 4 nitrogen and oxygen atoms in total. The molecule has 0 aliphatic heterocycles. The number of nitrogens with zero attached hydrogens (tertiary/aromatic N) is 2. The zero-order chi connectivity index (χ0) is 17.1. The van der Waals surface area contributed by atoms with Gasteiger partial charge in [0.1, 0.15) is 12.1 Å². The molecule has 0 amide bonds. The van der Waals surface area contributed by atoms with Crippen LogP contribution in [0, 0.1) is 5.82 Å². The van der Waals surface area contributed by atoms with Gasteiger partial charge in [-0.3, -0.25) is 4.98 Å². The van der Waals surface area contributed by atoms with Crippen molar-refractivity contribution in [2.24, 2.45) is 0 Å². The SMILES string of the molecule is Fc1cc(CNCc2coc(-c3ccccc3)n2)c2ncccc2c1. The number of hydrogen-bond donors (Lipinski definition) is 1. The summed E-state index contributed by atoms with van der Waals surface area (Å²) < 4.78 is 19.3. The van der Waals surface area contributed by atoms with Gasteiger partial charge in [0.05, 0.1) is 11.2 Å². The second-order valence-electron chi connectivity index (χ2n) is 5.75. The topological polar surface area (TPSA) is 51.0 Å². The van der Waals surface area contributed by atoms with E-state index in [1.165, 1.54) is 12.1 Å². The molecule has 0 saturated heterocycles. The first kappa shape index (κ1) is 15.5. The summed E-state index contributed by atoms with van der Waals surface area (Å²) in [6.45, 7) is 1.03. The lowest BCUT2D eigenvalue weighted by Gasteiger charge is -2.07. The monoisotopic (exact) mass is 333 g/mol. The quantitative estimate of drug-likeness (QED) is 0.591. The van der Waals surface area contributed by atoms with Crippen molar-refractivity contribution in [3.05, 3.63) is 84.1 Å². The fraction of sp³-hybridized carbons (Fsp3) is 0.100. The molecule has 4 rings (SSSR count). The normalized spacial score (nSPS) is 11.1. The Labute approximate surface area is 144 Å². The van der Waals surface area contributed by atoms with E-state index in [-0.39, 0.29) is 5.82 Å². The highest BCUT2D eigenvalue weighted by molar-refractivity contribution is 5.81. The number of halogens is 1. The molecule has 2 aromatic carbocycles. The van der Waals surface area contributed by atoms with Gasteiger partial charge in [0.25, 0.3) is 0 Å². The van der Waals surface area contributed by atoms with Crippen molar-refractivity contribution in [3.8, 4) is 11.5 Å². The van der Waals surface area contributed by atoms with Crippen LogP contribution in [-0.4, -0.2) is 9.97 Å². The number of aromatic nitrogens is 2. The highest BCUT2D eigenvalue weighted by Crippen LogP contribution is 2.19. The van der Waals surface area contributed by atoms with Gasteiger partial charge in [0, 0.05) is 30.2 Å². The van der Waals surface area contributed by atoms with Crippen molar-refractivity contribution in [1.82, 2.24) is 15.3 Å². The molecule has 1 N–H and O–H groups in total. The Morgan fingerprint density at radius 1 is 1.00 bits per heavy atom. The Balaban J connectivity index is 1.46. The second kappa shape index (κ2) is 6.83. The Morgan fingerprint density at radius 3 is 2.76 bits per heavy atom. The molecule has 0 atom stereocenters. The molecular weight excluding hydrogens is 317 g/mol. The first-order valence-corrected chi connectivity index (χ1v) is 8.03. The van der Waals surface area contributed by atoms with Gasteiger partial charge in [-0.2, -0.15) is 0 Å². The predicted octanol–water partition coefficient (Wildman–Crippen LogP) is 4.32. The predicted molar refractivity (Wildman–Crippen MR) is 94.2 cm³/mol. The number of oxazole rings is 1. The van der Waals surface area contributed by atoms with Crippen molar-refractivity contribution in [3.63, 3.8) is 0 Å². The third-order valence-electron chi connectivity index (χ3n) is 3.94. The molecule has 124 valence electrons. The van der Waals surface area contributed by atoms with Gasteiger partial charge in [-0.15, -0.1) is 0 Å². The van der Waals surface area contributed by atoms with Gasteiger partial charge in [-0.05, 0) is 35.9 Å². The smallest absolute Gasteiger partial charge is 0.226 e. The summed E-state index contributed by atoms with van der Waals surface area (Å²) in [6, 6.07) is 16.4. The molecule has 2 heterocycles. The van der Waals surface area contributed by atoms with Gasteiger partial charge >= 0.3 is 0 Å². The molecule has 0 fully saturated rings. The maximum absolute atomic E-state index is 13.8. The summed E-state index contributed by atoms with van der Waals surface area (Å²) in [5.41, 5.74) is 3.37. The highest BCUT2D eigenvalue weighted by Gasteiger charge is 2.08. The lowest BCUT2D eigenvalue weighted by molar-refractivity contribution is 0.570. The summed E-state index contributed by atoms with van der Waals surface area (Å²) in [5, 5.41) is 4.07. The number of nitrogens with one attached hydrogen (secondary N) is 1. The van der Waals surface area contributed by atoms with Crippen LogP contribution < -0.4 is 5.32 Å². The average molecular weight is 333 g/mol. The molecule has 2 aromatic heterocycles. The van der Waals surface area contributed by atoms with E-state index < -0.39 is 0 Å². The van der Waals surface area contributed by atoms with Crippen LogP contribution in [0.3, 0.4) is 0 Å². The van der Waals surface area contributed by atoms with E-state index in [4.69, 9.17) is 4.42 Å². The lowest BCUT2D eigenvalue weighted by atomic mass is 10.1. The number of benzene rings is 2. The Hall–Kier alpha value is -3.05. The number of fused-ring (bicyclic) bond motifs is 1. The largest absolute Gasteiger partial charge is 0.444 e. The zero-order valence-electron chi connectivity index (χ0n) is 13.4. The van der Waals surface area contributed by atoms with Gasteiger partial charge < -0.3 is 9.73 Å². The summed E-state index contributed by atoms with van der Waals surface area (Å²) in [5.74, 6) is 0.334. The van der Waals surface area contributed by atoms with E-state index in [0.29, 0.717) is 19.0 Å².